The second-order valence-electron chi connectivity index (χ2n) is 4.28. The summed E-state index contributed by atoms with van der Waals surface area (Å²) in [6, 6.07) is 0.444. The van der Waals surface area contributed by atoms with Gasteiger partial charge in [0.25, 0.3) is 0 Å². The molecule has 0 aliphatic carbocycles. The average molecular weight is 238 g/mol. The highest BCUT2D eigenvalue weighted by Gasteiger charge is 2.09. The van der Waals surface area contributed by atoms with Gasteiger partial charge in [0.1, 0.15) is 12.1 Å². The number of anilines is 1. The molecule has 0 aliphatic heterocycles. The van der Waals surface area contributed by atoms with E-state index >= 15 is 0 Å². The number of ether oxygens (including phenoxy) is 1. The van der Waals surface area contributed by atoms with Gasteiger partial charge in [-0.2, -0.15) is 0 Å². The maximum atomic E-state index is 5.43. The monoisotopic (exact) mass is 238 g/mol. The van der Waals surface area contributed by atoms with Crippen LogP contribution in [0, 0.1) is 6.92 Å². The van der Waals surface area contributed by atoms with Gasteiger partial charge in [-0.25, -0.2) is 9.97 Å². The second-order valence-corrected chi connectivity index (χ2v) is 4.28. The van der Waals surface area contributed by atoms with E-state index in [9.17, 15) is 0 Å². The number of nitrogens with zero attached hydrogens (tertiary/aromatic N) is 3. The van der Waals surface area contributed by atoms with Crippen LogP contribution >= 0.6 is 0 Å². The first-order valence-electron chi connectivity index (χ1n) is 5.91. The number of likely N-dealkylation sites (N-methyl/N-ethyl adjacent to an activating group) is 1. The Balaban J connectivity index is 2.68. The zero-order valence-corrected chi connectivity index (χ0v) is 11.3. The maximum absolute atomic E-state index is 5.43. The highest BCUT2D eigenvalue weighted by Crippen LogP contribution is 2.20. The normalized spacial score (nSPS) is 12.6. The number of aromatic nitrogens is 2. The molecule has 96 valence electrons. The van der Waals surface area contributed by atoms with E-state index in [1.165, 1.54) is 6.33 Å². The molecule has 0 saturated carbocycles. The molecule has 1 rings (SSSR count). The van der Waals surface area contributed by atoms with Gasteiger partial charge in [-0.3, -0.25) is 0 Å². The molecule has 0 radical (unpaired) electrons. The molecule has 1 N–H and O–H groups in total. The largest absolute Gasteiger partial charge is 0.478 e. The molecule has 0 bridgehead atoms. The minimum Gasteiger partial charge on any atom is -0.478 e. The van der Waals surface area contributed by atoms with Crippen LogP contribution in [0.5, 0.6) is 5.88 Å². The molecule has 0 aliphatic rings. The Hall–Kier alpha value is -1.36. The van der Waals surface area contributed by atoms with Crippen LogP contribution < -0.4 is 10.1 Å². The topological polar surface area (TPSA) is 50.3 Å². The lowest BCUT2D eigenvalue weighted by atomic mass is 10.3. The standard InChI is InChI=1S/C12H22N4O/c1-6-17-12-10(3)11(14-8-15-12)13-7-9(2)16(4)5/h8-9H,6-7H2,1-5H3,(H,13,14,15). The minimum absolute atomic E-state index is 0.444. The molecule has 0 amide bonds. The van der Waals surface area contributed by atoms with Crippen molar-refractivity contribution < 1.29 is 4.74 Å². The molecule has 0 aromatic carbocycles. The zero-order valence-electron chi connectivity index (χ0n) is 11.3. The summed E-state index contributed by atoms with van der Waals surface area (Å²) in [6.07, 6.45) is 1.53. The van der Waals surface area contributed by atoms with Crippen molar-refractivity contribution in [1.29, 1.82) is 0 Å². The molecule has 5 nitrogen and oxygen atoms in total. The van der Waals surface area contributed by atoms with Gasteiger partial charge in [-0.1, -0.05) is 0 Å². The van der Waals surface area contributed by atoms with Gasteiger partial charge in [-0.15, -0.1) is 0 Å². The fourth-order valence-electron chi connectivity index (χ4n) is 1.32. The molecular weight excluding hydrogens is 216 g/mol. The zero-order chi connectivity index (χ0) is 12.8. The SMILES string of the molecule is CCOc1ncnc(NCC(C)N(C)C)c1C. The molecule has 0 fully saturated rings. The second kappa shape index (κ2) is 6.39. The van der Waals surface area contributed by atoms with Gasteiger partial charge < -0.3 is 15.0 Å². The highest BCUT2D eigenvalue weighted by molar-refractivity contribution is 5.47. The Morgan fingerprint density at radius 2 is 2.12 bits per heavy atom. The third-order valence-electron chi connectivity index (χ3n) is 2.77. The lowest BCUT2D eigenvalue weighted by Crippen LogP contribution is -2.31. The first kappa shape index (κ1) is 13.7. The number of hydrogen-bond donors (Lipinski definition) is 1. The third-order valence-corrected chi connectivity index (χ3v) is 2.77. The highest BCUT2D eigenvalue weighted by atomic mass is 16.5. The Kier molecular flexibility index (Phi) is 5.15. The van der Waals surface area contributed by atoms with Crippen molar-refractivity contribution in [1.82, 2.24) is 14.9 Å². The van der Waals surface area contributed by atoms with Crippen LogP contribution in [-0.2, 0) is 0 Å². The molecule has 1 atom stereocenters. The van der Waals surface area contributed by atoms with Crippen molar-refractivity contribution >= 4 is 5.82 Å². The predicted molar refractivity (Wildman–Crippen MR) is 69.6 cm³/mol. The van der Waals surface area contributed by atoms with Crippen LogP contribution in [-0.4, -0.2) is 48.2 Å². The number of hydrogen-bond acceptors (Lipinski definition) is 5. The van der Waals surface area contributed by atoms with E-state index in [4.69, 9.17) is 4.74 Å². The van der Waals surface area contributed by atoms with E-state index in [0.717, 1.165) is 17.9 Å². The summed E-state index contributed by atoms with van der Waals surface area (Å²) in [5, 5.41) is 3.32. The summed E-state index contributed by atoms with van der Waals surface area (Å²) in [7, 11) is 4.12. The fraction of sp³-hybridized carbons (Fsp3) is 0.667. The first-order chi connectivity index (χ1) is 8.06. The van der Waals surface area contributed by atoms with E-state index in [1.54, 1.807) is 0 Å². The van der Waals surface area contributed by atoms with Crippen molar-refractivity contribution in [3.8, 4) is 5.88 Å². The van der Waals surface area contributed by atoms with Crippen LogP contribution in [0.25, 0.3) is 0 Å². The Morgan fingerprint density at radius 3 is 2.71 bits per heavy atom. The van der Waals surface area contributed by atoms with Crippen molar-refractivity contribution in [2.45, 2.75) is 26.8 Å². The van der Waals surface area contributed by atoms with Gasteiger partial charge in [0.05, 0.1) is 12.2 Å². The Bertz CT molecular complexity index is 354. The van der Waals surface area contributed by atoms with E-state index in [0.29, 0.717) is 18.5 Å². The first-order valence-corrected chi connectivity index (χ1v) is 5.91. The summed E-state index contributed by atoms with van der Waals surface area (Å²) in [4.78, 5) is 10.5. The number of nitrogens with one attached hydrogen (secondary N) is 1. The maximum Gasteiger partial charge on any atom is 0.221 e. The van der Waals surface area contributed by atoms with Gasteiger partial charge in [0.15, 0.2) is 0 Å². The summed E-state index contributed by atoms with van der Waals surface area (Å²) in [6.45, 7) is 7.53. The van der Waals surface area contributed by atoms with E-state index in [1.807, 2.05) is 13.8 Å². The average Bonchev–Trinajstić information content (AvgIpc) is 2.30. The molecule has 1 heterocycles. The fourth-order valence-corrected chi connectivity index (χ4v) is 1.32. The van der Waals surface area contributed by atoms with Crippen molar-refractivity contribution in [3.05, 3.63) is 11.9 Å². The minimum atomic E-state index is 0.444. The lowest BCUT2D eigenvalue weighted by molar-refractivity contribution is 0.322. The Labute approximate surface area is 103 Å². The summed E-state index contributed by atoms with van der Waals surface area (Å²) >= 11 is 0. The van der Waals surface area contributed by atoms with Crippen LogP contribution in [0.15, 0.2) is 6.33 Å². The molecule has 5 heteroatoms. The van der Waals surface area contributed by atoms with Crippen molar-refractivity contribution in [3.63, 3.8) is 0 Å². The molecule has 1 aromatic rings. The van der Waals surface area contributed by atoms with E-state index in [2.05, 4.69) is 41.2 Å². The molecule has 0 spiro atoms. The third kappa shape index (κ3) is 3.85. The molecule has 1 aromatic heterocycles. The van der Waals surface area contributed by atoms with E-state index in [-0.39, 0.29) is 0 Å². The van der Waals surface area contributed by atoms with Gasteiger partial charge in [0.2, 0.25) is 5.88 Å². The molecular formula is C12H22N4O. The Morgan fingerprint density at radius 1 is 1.41 bits per heavy atom. The van der Waals surface area contributed by atoms with E-state index < -0.39 is 0 Å². The van der Waals surface area contributed by atoms with Gasteiger partial charge in [-0.05, 0) is 34.9 Å². The number of rotatable bonds is 6. The lowest BCUT2D eigenvalue weighted by Gasteiger charge is -2.21. The van der Waals surface area contributed by atoms with Crippen LogP contribution in [0.1, 0.15) is 19.4 Å². The summed E-state index contributed by atoms with van der Waals surface area (Å²) in [5.74, 6) is 1.50. The van der Waals surface area contributed by atoms with Crippen LogP contribution in [0.4, 0.5) is 5.82 Å². The van der Waals surface area contributed by atoms with Crippen molar-refractivity contribution in [2.24, 2.45) is 0 Å². The van der Waals surface area contributed by atoms with Gasteiger partial charge >= 0.3 is 0 Å². The van der Waals surface area contributed by atoms with Crippen LogP contribution in [0.3, 0.4) is 0 Å². The smallest absolute Gasteiger partial charge is 0.221 e. The predicted octanol–water partition coefficient (Wildman–Crippen LogP) is 1.55. The summed E-state index contributed by atoms with van der Waals surface area (Å²) in [5.41, 5.74) is 0.959. The summed E-state index contributed by atoms with van der Waals surface area (Å²) < 4.78 is 5.43. The molecule has 1 unspecified atom stereocenters. The molecule has 17 heavy (non-hydrogen) atoms. The van der Waals surface area contributed by atoms with Gasteiger partial charge in [0, 0.05) is 12.6 Å². The quantitative estimate of drug-likeness (QED) is 0.815. The van der Waals surface area contributed by atoms with Crippen LogP contribution in [0.2, 0.25) is 0 Å². The molecule has 0 saturated heterocycles. The van der Waals surface area contributed by atoms with Crippen molar-refractivity contribution in [2.75, 3.05) is 32.6 Å².